The van der Waals surface area contributed by atoms with E-state index in [1.807, 2.05) is 67.6 Å². The maximum absolute atomic E-state index is 11.9. The summed E-state index contributed by atoms with van der Waals surface area (Å²) in [5.74, 6) is 0.663. The maximum Gasteiger partial charge on any atom is 0.415 e. The Morgan fingerprint density at radius 3 is 2.42 bits per heavy atom. The monoisotopic (exact) mass is 322 g/mol. The number of nitrogens with zero attached hydrogens (tertiary/aromatic N) is 1. The van der Waals surface area contributed by atoms with Crippen molar-refractivity contribution >= 4 is 12.1 Å². The smallest absolute Gasteiger partial charge is 0.415 e. The second-order valence-corrected chi connectivity index (χ2v) is 5.20. The molecule has 0 unspecified atom stereocenters. The minimum absolute atomic E-state index is 0.142. The van der Waals surface area contributed by atoms with Gasteiger partial charge in [0, 0.05) is 5.56 Å². The summed E-state index contributed by atoms with van der Waals surface area (Å²) in [6.45, 7) is 2.18. The summed E-state index contributed by atoms with van der Waals surface area (Å²) in [5, 5.41) is 2.54. The van der Waals surface area contributed by atoms with E-state index in [1.54, 1.807) is 0 Å². The first-order valence-electron chi connectivity index (χ1n) is 7.79. The molecule has 2 aromatic carbocycles. The van der Waals surface area contributed by atoms with Gasteiger partial charge in [-0.3, -0.25) is 0 Å². The Morgan fingerprint density at radius 1 is 1.08 bits per heavy atom. The van der Waals surface area contributed by atoms with Crippen molar-refractivity contribution in [3.63, 3.8) is 0 Å². The predicted molar refractivity (Wildman–Crippen MR) is 91.6 cm³/mol. The van der Waals surface area contributed by atoms with Crippen LogP contribution in [-0.4, -0.2) is 11.1 Å². The highest BCUT2D eigenvalue weighted by Gasteiger charge is 2.15. The summed E-state index contributed by atoms with van der Waals surface area (Å²) in [5.41, 5.74) is 2.63. The van der Waals surface area contributed by atoms with Gasteiger partial charge in [-0.25, -0.2) is 10.1 Å². The summed E-state index contributed by atoms with van der Waals surface area (Å²) < 4.78 is 10.9. The Balaban J connectivity index is 1.67. The van der Waals surface area contributed by atoms with E-state index >= 15 is 0 Å². The van der Waals surface area contributed by atoms with E-state index in [0.717, 1.165) is 16.8 Å². The van der Waals surface area contributed by atoms with E-state index in [1.165, 1.54) is 0 Å². The molecule has 5 nitrogen and oxygen atoms in total. The molecule has 3 aromatic rings. The van der Waals surface area contributed by atoms with Crippen LogP contribution in [0.15, 0.2) is 65.1 Å². The van der Waals surface area contributed by atoms with Gasteiger partial charge in [-0.1, -0.05) is 67.6 Å². The highest BCUT2D eigenvalue weighted by atomic mass is 16.6. The zero-order valence-corrected chi connectivity index (χ0v) is 13.4. The van der Waals surface area contributed by atoms with Gasteiger partial charge < -0.3 is 9.15 Å². The summed E-state index contributed by atoms with van der Waals surface area (Å²) in [4.78, 5) is 16.2. The van der Waals surface area contributed by atoms with Crippen molar-refractivity contribution in [1.82, 2.24) is 4.98 Å². The second-order valence-electron chi connectivity index (χ2n) is 5.20. The second kappa shape index (κ2) is 7.46. The lowest BCUT2D eigenvalue weighted by molar-refractivity contribution is 0.154. The predicted octanol–water partition coefficient (Wildman–Crippen LogP) is 4.65. The average molecular weight is 322 g/mol. The third kappa shape index (κ3) is 3.81. The minimum atomic E-state index is -0.595. The van der Waals surface area contributed by atoms with E-state index in [0.29, 0.717) is 12.2 Å². The summed E-state index contributed by atoms with van der Waals surface area (Å²) >= 11 is 0. The molecule has 0 aliphatic rings. The number of ether oxygens (including phenoxy) is 1. The third-order valence-corrected chi connectivity index (χ3v) is 3.49. The largest absolute Gasteiger partial charge is 0.444 e. The molecule has 122 valence electrons. The van der Waals surface area contributed by atoms with Crippen LogP contribution in [-0.2, 0) is 17.8 Å². The van der Waals surface area contributed by atoms with Crippen LogP contribution in [0.1, 0.15) is 18.2 Å². The number of aromatic nitrogens is 1. The van der Waals surface area contributed by atoms with Gasteiger partial charge >= 0.3 is 12.1 Å². The van der Waals surface area contributed by atoms with Gasteiger partial charge in [0.2, 0.25) is 0 Å². The number of oxazole rings is 1. The topological polar surface area (TPSA) is 64.4 Å². The van der Waals surface area contributed by atoms with Crippen molar-refractivity contribution in [2.75, 3.05) is 5.32 Å². The number of carbonyl (C=O) groups is 1. The SMILES string of the molecule is CCc1nc(NC(=O)OCc2ccccc2)oc1-c1ccccc1. The molecule has 24 heavy (non-hydrogen) atoms. The van der Waals surface area contributed by atoms with Crippen molar-refractivity contribution < 1.29 is 13.9 Å². The molecule has 1 aromatic heterocycles. The number of hydrogen-bond donors (Lipinski definition) is 1. The molecule has 0 aliphatic carbocycles. The Labute approximate surface area is 140 Å². The summed E-state index contributed by atoms with van der Waals surface area (Å²) in [6.07, 6.45) is 0.108. The fourth-order valence-electron chi connectivity index (χ4n) is 2.31. The Bertz CT molecular complexity index is 798. The molecule has 0 saturated heterocycles. The lowest BCUT2D eigenvalue weighted by Crippen LogP contribution is -2.13. The molecule has 3 rings (SSSR count). The fraction of sp³-hybridized carbons (Fsp3) is 0.158. The standard InChI is InChI=1S/C19H18N2O3/c1-2-16-17(15-11-7-4-8-12-15)24-18(20-16)21-19(22)23-13-14-9-5-3-6-10-14/h3-12H,2,13H2,1H3,(H,20,21,22). The molecule has 5 heteroatoms. The number of aryl methyl sites for hydroxylation is 1. The first-order valence-corrected chi connectivity index (χ1v) is 7.79. The molecule has 0 spiro atoms. The highest BCUT2D eigenvalue weighted by molar-refractivity contribution is 5.82. The van der Waals surface area contributed by atoms with Crippen molar-refractivity contribution in [2.45, 2.75) is 20.0 Å². The van der Waals surface area contributed by atoms with Crippen LogP contribution in [0.3, 0.4) is 0 Å². The molecule has 1 N–H and O–H groups in total. The Hall–Kier alpha value is -3.08. The number of hydrogen-bond acceptors (Lipinski definition) is 4. The zero-order chi connectivity index (χ0) is 16.8. The zero-order valence-electron chi connectivity index (χ0n) is 13.4. The molecule has 0 fully saturated rings. The number of rotatable bonds is 5. The third-order valence-electron chi connectivity index (χ3n) is 3.49. The number of nitrogens with one attached hydrogen (secondary N) is 1. The summed E-state index contributed by atoms with van der Waals surface area (Å²) in [6, 6.07) is 19.3. The molecule has 0 saturated carbocycles. The van der Waals surface area contributed by atoms with Gasteiger partial charge in [-0.2, -0.15) is 4.98 Å². The fourth-order valence-corrected chi connectivity index (χ4v) is 2.31. The lowest BCUT2D eigenvalue weighted by atomic mass is 10.1. The number of benzene rings is 2. The van der Waals surface area contributed by atoms with E-state index in [4.69, 9.17) is 9.15 Å². The maximum atomic E-state index is 11.9. The van der Waals surface area contributed by atoms with Gasteiger partial charge in [0.1, 0.15) is 6.61 Å². The highest BCUT2D eigenvalue weighted by Crippen LogP contribution is 2.27. The minimum Gasteiger partial charge on any atom is -0.444 e. The Morgan fingerprint density at radius 2 is 1.75 bits per heavy atom. The van der Waals surface area contributed by atoms with Gasteiger partial charge in [0.15, 0.2) is 5.76 Å². The van der Waals surface area contributed by atoms with Gasteiger partial charge in [-0.05, 0) is 12.0 Å². The molecule has 0 aliphatic heterocycles. The molecule has 0 radical (unpaired) electrons. The summed E-state index contributed by atoms with van der Waals surface area (Å²) in [7, 11) is 0. The van der Waals surface area contributed by atoms with Crippen LogP contribution >= 0.6 is 0 Å². The van der Waals surface area contributed by atoms with Crippen LogP contribution < -0.4 is 5.32 Å². The van der Waals surface area contributed by atoms with E-state index in [2.05, 4.69) is 10.3 Å². The van der Waals surface area contributed by atoms with E-state index in [-0.39, 0.29) is 12.6 Å². The average Bonchev–Trinajstić information content (AvgIpc) is 3.04. The molecule has 0 atom stereocenters. The van der Waals surface area contributed by atoms with Crippen LogP contribution in [0.4, 0.5) is 10.8 Å². The number of anilines is 1. The van der Waals surface area contributed by atoms with E-state index in [9.17, 15) is 4.79 Å². The first kappa shape index (κ1) is 15.8. The van der Waals surface area contributed by atoms with Gasteiger partial charge in [0.25, 0.3) is 0 Å². The molecular formula is C19H18N2O3. The number of carbonyl (C=O) groups excluding carboxylic acids is 1. The molecule has 1 amide bonds. The molecule has 0 bridgehead atoms. The van der Waals surface area contributed by atoms with Gasteiger partial charge in [0.05, 0.1) is 5.69 Å². The van der Waals surface area contributed by atoms with Crippen LogP contribution in [0.5, 0.6) is 0 Å². The van der Waals surface area contributed by atoms with Crippen molar-refractivity contribution in [1.29, 1.82) is 0 Å². The normalized spacial score (nSPS) is 10.4. The van der Waals surface area contributed by atoms with Crippen LogP contribution in [0.25, 0.3) is 11.3 Å². The van der Waals surface area contributed by atoms with Crippen molar-refractivity contribution in [3.8, 4) is 11.3 Å². The molecular weight excluding hydrogens is 304 g/mol. The first-order chi connectivity index (χ1) is 11.8. The van der Waals surface area contributed by atoms with Crippen molar-refractivity contribution in [2.24, 2.45) is 0 Å². The van der Waals surface area contributed by atoms with Gasteiger partial charge in [-0.15, -0.1) is 0 Å². The quantitative estimate of drug-likeness (QED) is 0.742. The lowest BCUT2D eigenvalue weighted by Gasteiger charge is -2.04. The Kier molecular flexibility index (Phi) is 4.91. The van der Waals surface area contributed by atoms with Crippen LogP contribution in [0.2, 0.25) is 0 Å². The van der Waals surface area contributed by atoms with E-state index < -0.39 is 6.09 Å². The number of amides is 1. The molecule has 1 heterocycles. The van der Waals surface area contributed by atoms with Crippen molar-refractivity contribution in [3.05, 3.63) is 71.9 Å². The van der Waals surface area contributed by atoms with Crippen LogP contribution in [0, 0.1) is 0 Å².